The number of fused-ring (bicyclic) bond motifs is 1. The molecule has 0 radical (unpaired) electrons. The molecule has 15 heavy (non-hydrogen) atoms. The van der Waals surface area contributed by atoms with Gasteiger partial charge in [-0.1, -0.05) is 36.4 Å². The summed E-state index contributed by atoms with van der Waals surface area (Å²) in [6.45, 7) is 1.14. The Morgan fingerprint density at radius 2 is 1.87 bits per heavy atom. The summed E-state index contributed by atoms with van der Waals surface area (Å²) in [5.41, 5.74) is 1.21. The zero-order valence-electron chi connectivity index (χ0n) is 8.40. The van der Waals surface area contributed by atoms with Gasteiger partial charge in [-0.25, -0.2) is 0 Å². The predicted molar refractivity (Wildman–Crippen MR) is 61.3 cm³/mol. The van der Waals surface area contributed by atoms with Gasteiger partial charge in [0.05, 0.1) is 12.6 Å². The van der Waals surface area contributed by atoms with Crippen LogP contribution in [0.4, 0.5) is 0 Å². The maximum Gasteiger partial charge on any atom is 0.0843 e. The van der Waals surface area contributed by atoms with Crippen molar-refractivity contribution < 1.29 is 0 Å². The maximum atomic E-state index is 8.40. The van der Waals surface area contributed by atoms with Crippen LogP contribution in [0.5, 0.6) is 0 Å². The van der Waals surface area contributed by atoms with E-state index in [0.717, 1.165) is 6.54 Å². The van der Waals surface area contributed by atoms with Crippen molar-refractivity contribution in [1.29, 1.82) is 5.26 Å². The Bertz CT molecular complexity index is 497. The first-order valence-corrected chi connectivity index (χ1v) is 4.95. The molecular weight excluding hydrogens is 184 g/mol. The van der Waals surface area contributed by atoms with E-state index in [2.05, 4.69) is 41.7 Å². The molecule has 2 nitrogen and oxygen atoms in total. The lowest BCUT2D eigenvalue weighted by Gasteiger charge is -2.03. The van der Waals surface area contributed by atoms with E-state index >= 15 is 0 Å². The molecular formula is C13H12N2. The second-order valence-electron chi connectivity index (χ2n) is 3.44. The van der Waals surface area contributed by atoms with Crippen molar-refractivity contribution in [3.8, 4) is 6.07 Å². The topological polar surface area (TPSA) is 35.8 Å². The van der Waals surface area contributed by atoms with Crippen molar-refractivity contribution in [1.82, 2.24) is 5.32 Å². The van der Waals surface area contributed by atoms with Crippen LogP contribution in [-0.2, 0) is 6.54 Å². The molecule has 0 saturated heterocycles. The molecule has 74 valence electrons. The Balaban J connectivity index is 2.20. The number of rotatable bonds is 3. The van der Waals surface area contributed by atoms with Crippen molar-refractivity contribution >= 4 is 10.8 Å². The summed E-state index contributed by atoms with van der Waals surface area (Å²) in [6, 6.07) is 16.7. The number of hydrogen-bond acceptors (Lipinski definition) is 2. The number of nitrogens with zero attached hydrogens (tertiary/aromatic N) is 1. The third-order valence-electron chi connectivity index (χ3n) is 2.35. The molecule has 1 N–H and O–H groups in total. The summed E-state index contributed by atoms with van der Waals surface area (Å²) in [5, 5.41) is 14.0. The van der Waals surface area contributed by atoms with Crippen LogP contribution in [0.3, 0.4) is 0 Å². The fraction of sp³-hybridized carbons (Fsp3) is 0.154. The van der Waals surface area contributed by atoms with E-state index < -0.39 is 0 Å². The van der Waals surface area contributed by atoms with Gasteiger partial charge in [0, 0.05) is 6.54 Å². The van der Waals surface area contributed by atoms with Gasteiger partial charge in [-0.05, 0) is 22.4 Å². The third kappa shape index (κ3) is 2.34. The van der Waals surface area contributed by atoms with E-state index in [-0.39, 0.29) is 0 Å². The van der Waals surface area contributed by atoms with E-state index in [4.69, 9.17) is 5.26 Å². The highest BCUT2D eigenvalue weighted by atomic mass is 14.8. The van der Waals surface area contributed by atoms with Gasteiger partial charge in [0.15, 0.2) is 0 Å². The van der Waals surface area contributed by atoms with Crippen molar-refractivity contribution in [2.45, 2.75) is 6.54 Å². The van der Waals surface area contributed by atoms with Crippen LogP contribution in [0.2, 0.25) is 0 Å². The van der Waals surface area contributed by atoms with E-state index in [1.165, 1.54) is 16.3 Å². The minimum atomic E-state index is 0.396. The molecule has 0 unspecified atom stereocenters. The van der Waals surface area contributed by atoms with Gasteiger partial charge in [0.1, 0.15) is 0 Å². The Hall–Kier alpha value is -1.85. The summed E-state index contributed by atoms with van der Waals surface area (Å²) in [7, 11) is 0. The lowest BCUT2D eigenvalue weighted by molar-refractivity contribution is 0.766. The highest BCUT2D eigenvalue weighted by molar-refractivity contribution is 5.82. The quantitative estimate of drug-likeness (QED) is 0.604. The largest absolute Gasteiger partial charge is 0.300 e. The monoisotopic (exact) mass is 196 g/mol. The Morgan fingerprint density at radius 1 is 1.07 bits per heavy atom. The Kier molecular flexibility index (Phi) is 2.96. The zero-order chi connectivity index (χ0) is 10.5. The van der Waals surface area contributed by atoms with Crippen LogP contribution in [0.1, 0.15) is 5.56 Å². The van der Waals surface area contributed by atoms with Gasteiger partial charge >= 0.3 is 0 Å². The van der Waals surface area contributed by atoms with Crippen LogP contribution >= 0.6 is 0 Å². The molecule has 0 aliphatic carbocycles. The average molecular weight is 196 g/mol. The van der Waals surface area contributed by atoms with E-state index in [1.807, 2.05) is 12.1 Å². The molecule has 0 amide bonds. The molecule has 0 heterocycles. The second-order valence-corrected chi connectivity index (χ2v) is 3.44. The van der Waals surface area contributed by atoms with Gasteiger partial charge < -0.3 is 5.32 Å². The van der Waals surface area contributed by atoms with Crippen molar-refractivity contribution in [3.63, 3.8) is 0 Å². The zero-order valence-corrected chi connectivity index (χ0v) is 8.40. The van der Waals surface area contributed by atoms with E-state index in [9.17, 15) is 0 Å². The van der Waals surface area contributed by atoms with Gasteiger partial charge in [-0.3, -0.25) is 0 Å². The van der Waals surface area contributed by atoms with Gasteiger partial charge in [0.25, 0.3) is 0 Å². The second kappa shape index (κ2) is 4.59. The highest BCUT2D eigenvalue weighted by Crippen LogP contribution is 2.15. The molecule has 2 aromatic carbocycles. The molecule has 0 aliphatic rings. The van der Waals surface area contributed by atoms with Crippen molar-refractivity contribution in [2.24, 2.45) is 0 Å². The molecule has 0 atom stereocenters. The van der Waals surface area contributed by atoms with Crippen molar-refractivity contribution in [3.05, 3.63) is 48.0 Å². The van der Waals surface area contributed by atoms with Crippen LogP contribution in [0, 0.1) is 11.3 Å². The third-order valence-corrected chi connectivity index (χ3v) is 2.35. The van der Waals surface area contributed by atoms with Gasteiger partial charge in [-0.2, -0.15) is 5.26 Å². The number of nitrogens with one attached hydrogen (secondary N) is 1. The molecule has 0 bridgehead atoms. The maximum absolute atomic E-state index is 8.40. The first-order chi connectivity index (χ1) is 7.40. The Labute approximate surface area is 89.2 Å². The van der Waals surface area contributed by atoms with Crippen LogP contribution in [0.15, 0.2) is 42.5 Å². The van der Waals surface area contributed by atoms with Gasteiger partial charge in [-0.15, -0.1) is 0 Å². The number of benzene rings is 2. The fourth-order valence-electron chi connectivity index (χ4n) is 1.61. The first-order valence-electron chi connectivity index (χ1n) is 4.95. The normalized spacial score (nSPS) is 10.1. The fourth-order valence-corrected chi connectivity index (χ4v) is 1.61. The van der Waals surface area contributed by atoms with Crippen LogP contribution in [0.25, 0.3) is 10.8 Å². The molecule has 2 rings (SSSR count). The summed E-state index contributed by atoms with van der Waals surface area (Å²) >= 11 is 0. The highest BCUT2D eigenvalue weighted by Gasteiger charge is 1.95. The smallest absolute Gasteiger partial charge is 0.0843 e. The molecule has 2 heteroatoms. The number of nitriles is 1. The lowest BCUT2D eigenvalue weighted by Crippen LogP contribution is -2.12. The summed E-state index contributed by atoms with van der Waals surface area (Å²) in [4.78, 5) is 0. The predicted octanol–water partition coefficient (Wildman–Crippen LogP) is 2.45. The minimum absolute atomic E-state index is 0.396. The lowest BCUT2D eigenvalue weighted by atomic mass is 10.1. The number of hydrogen-bond donors (Lipinski definition) is 1. The van der Waals surface area contributed by atoms with Gasteiger partial charge in [0.2, 0.25) is 0 Å². The van der Waals surface area contributed by atoms with Crippen LogP contribution < -0.4 is 5.32 Å². The molecule has 0 spiro atoms. The summed E-state index contributed by atoms with van der Waals surface area (Å²) in [5.74, 6) is 0. The summed E-state index contributed by atoms with van der Waals surface area (Å²) < 4.78 is 0. The molecule has 0 aromatic heterocycles. The standard InChI is InChI=1S/C13H12N2/c14-7-8-15-10-11-5-6-12-3-1-2-4-13(12)9-11/h1-6,9,15H,8,10H2. The van der Waals surface area contributed by atoms with E-state index in [1.54, 1.807) is 0 Å². The molecule has 0 fully saturated rings. The average Bonchev–Trinajstić information content (AvgIpc) is 2.29. The van der Waals surface area contributed by atoms with E-state index in [0.29, 0.717) is 6.54 Å². The van der Waals surface area contributed by atoms with Crippen LogP contribution in [-0.4, -0.2) is 6.54 Å². The summed E-state index contributed by atoms with van der Waals surface area (Å²) in [6.07, 6.45) is 0. The molecule has 0 saturated carbocycles. The Morgan fingerprint density at radius 3 is 2.67 bits per heavy atom. The molecule has 2 aromatic rings. The molecule has 0 aliphatic heterocycles. The van der Waals surface area contributed by atoms with Crippen molar-refractivity contribution in [2.75, 3.05) is 6.54 Å². The first kappa shape index (κ1) is 9.70. The SMILES string of the molecule is N#CCNCc1ccc2ccccc2c1. The minimum Gasteiger partial charge on any atom is -0.300 e.